The standard InChI is InChI=1S/C21H22N2S/c1-14-5-7-18(8-6-14)13-24-21-10-9-20(22-23-21)19-12-16(3)15(2)11-17(19)4/h5-12H,13H2,1-4H3. The largest absolute Gasteiger partial charge is 0.149 e. The van der Waals surface area contributed by atoms with E-state index in [-0.39, 0.29) is 0 Å². The molecule has 0 radical (unpaired) electrons. The highest BCUT2D eigenvalue weighted by atomic mass is 32.2. The van der Waals surface area contributed by atoms with Gasteiger partial charge in [0.15, 0.2) is 0 Å². The molecule has 0 aliphatic carbocycles. The zero-order chi connectivity index (χ0) is 17.1. The first-order valence-corrected chi connectivity index (χ1v) is 9.12. The third-order valence-corrected chi connectivity index (χ3v) is 5.26. The minimum Gasteiger partial charge on any atom is -0.149 e. The Morgan fingerprint density at radius 2 is 1.46 bits per heavy atom. The van der Waals surface area contributed by atoms with E-state index in [4.69, 9.17) is 0 Å². The van der Waals surface area contributed by atoms with E-state index in [0.717, 1.165) is 16.5 Å². The van der Waals surface area contributed by atoms with E-state index in [1.807, 2.05) is 0 Å². The normalized spacial score (nSPS) is 10.8. The number of thioether (sulfide) groups is 1. The Kier molecular flexibility index (Phi) is 5.00. The molecular formula is C21H22N2S. The second kappa shape index (κ2) is 7.18. The van der Waals surface area contributed by atoms with Crippen LogP contribution in [0.3, 0.4) is 0 Å². The number of benzene rings is 2. The summed E-state index contributed by atoms with van der Waals surface area (Å²) in [6, 6.07) is 17.2. The second-order valence-electron chi connectivity index (χ2n) is 6.28. The molecule has 0 N–H and O–H groups in total. The van der Waals surface area contributed by atoms with Gasteiger partial charge in [0, 0.05) is 11.3 Å². The molecule has 3 aromatic rings. The van der Waals surface area contributed by atoms with Crippen LogP contribution in [0, 0.1) is 27.7 Å². The van der Waals surface area contributed by atoms with Crippen LogP contribution in [-0.2, 0) is 5.75 Å². The minimum absolute atomic E-state index is 0.914. The van der Waals surface area contributed by atoms with Gasteiger partial charge in [-0.25, -0.2) is 0 Å². The van der Waals surface area contributed by atoms with E-state index in [1.165, 1.54) is 33.4 Å². The summed E-state index contributed by atoms with van der Waals surface area (Å²) in [5.41, 5.74) is 8.55. The molecule has 122 valence electrons. The summed E-state index contributed by atoms with van der Waals surface area (Å²) < 4.78 is 0. The van der Waals surface area contributed by atoms with Crippen molar-refractivity contribution in [2.75, 3.05) is 0 Å². The van der Waals surface area contributed by atoms with Crippen molar-refractivity contribution in [1.29, 1.82) is 0 Å². The Balaban J connectivity index is 1.73. The smallest absolute Gasteiger partial charge is 0.119 e. The number of aromatic nitrogens is 2. The molecular weight excluding hydrogens is 312 g/mol. The fraction of sp³-hybridized carbons (Fsp3) is 0.238. The van der Waals surface area contributed by atoms with E-state index < -0.39 is 0 Å². The maximum absolute atomic E-state index is 4.44. The molecule has 0 unspecified atom stereocenters. The van der Waals surface area contributed by atoms with Gasteiger partial charge in [-0.3, -0.25) is 0 Å². The molecule has 1 aromatic heterocycles. The zero-order valence-electron chi connectivity index (χ0n) is 14.6. The Morgan fingerprint density at radius 1 is 0.750 bits per heavy atom. The van der Waals surface area contributed by atoms with Gasteiger partial charge in [-0.2, -0.15) is 0 Å². The van der Waals surface area contributed by atoms with Crippen molar-refractivity contribution in [3.05, 3.63) is 76.3 Å². The van der Waals surface area contributed by atoms with Crippen LogP contribution in [0.25, 0.3) is 11.3 Å². The van der Waals surface area contributed by atoms with Crippen LogP contribution in [0.1, 0.15) is 27.8 Å². The number of rotatable bonds is 4. The summed E-state index contributed by atoms with van der Waals surface area (Å²) in [4.78, 5) is 0. The fourth-order valence-electron chi connectivity index (χ4n) is 2.62. The molecule has 0 bridgehead atoms. The van der Waals surface area contributed by atoms with Gasteiger partial charge in [0.25, 0.3) is 0 Å². The average molecular weight is 334 g/mol. The van der Waals surface area contributed by atoms with E-state index in [1.54, 1.807) is 11.8 Å². The van der Waals surface area contributed by atoms with Crippen LogP contribution < -0.4 is 0 Å². The van der Waals surface area contributed by atoms with Gasteiger partial charge in [-0.1, -0.05) is 47.7 Å². The van der Waals surface area contributed by atoms with Gasteiger partial charge < -0.3 is 0 Å². The van der Waals surface area contributed by atoms with Crippen LogP contribution in [0.4, 0.5) is 0 Å². The molecule has 24 heavy (non-hydrogen) atoms. The molecule has 0 aliphatic heterocycles. The Labute approximate surface area is 148 Å². The minimum atomic E-state index is 0.914. The Bertz CT molecular complexity index is 837. The maximum Gasteiger partial charge on any atom is 0.119 e. The predicted molar refractivity (Wildman–Crippen MR) is 102 cm³/mol. The highest BCUT2D eigenvalue weighted by Gasteiger charge is 2.07. The summed E-state index contributed by atoms with van der Waals surface area (Å²) >= 11 is 1.72. The van der Waals surface area contributed by atoms with Crippen molar-refractivity contribution < 1.29 is 0 Å². The average Bonchev–Trinajstić information content (AvgIpc) is 2.58. The van der Waals surface area contributed by atoms with Gasteiger partial charge in [-0.05, 0) is 68.1 Å². The molecule has 0 saturated carbocycles. The molecule has 0 amide bonds. The second-order valence-corrected chi connectivity index (χ2v) is 7.28. The van der Waals surface area contributed by atoms with Crippen LogP contribution in [0.15, 0.2) is 53.6 Å². The highest BCUT2D eigenvalue weighted by Crippen LogP contribution is 2.26. The van der Waals surface area contributed by atoms with Crippen molar-refractivity contribution >= 4 is 11.8 Å². The van der Waals surface area contributed by atoms with Crippen molar-refractivity contribution in [2.45, 2.75) is 38.5 Å². The molecule has 2 nitrogen and oxygen atoms in total. The van der Waals surface area contributed by atoms with Crippen LogP contribution in [0.2, 0.25) is 0 Å². The zero-order valence-corrected chi connectivity index (χ0v) is 15.4. The summed E-state index contributed by atoms with van der Waals surface area (Å²) in [6.07, 6.45) is 0. The molecule has 0 spiro atoms. The van der Waals surface area contributed by atoms with E-state index in [9.17, 15) is 0 Å². The summed E-state index contributed by atoms with van der Waals surface area (Å²) in [7, 11) is 0. The molecule has 0 aliphatic rings. The van der Waals surface area contributed by atoms with Crippen LogP contribution in [-0.4, -0.2) is 10.2 Å². The van der Waals surface area contributed by atoms with Gasteiger partial charge in [0.2, 0.25) is 0 Å². The number of aryl methyl sites for hydroxylation is 4. The lowest BCUT2D eigenvalue weighted by atomic mass is 9.99. The van der Waals surface area contributed by atoms with E-state index >= 15 is 0 Å². The van der Waals surface area contributed by atoms with Gasteiger partial charge >= 0.3 is 0 Å². The van der Waals surface area contributed by atoms with Crippen molar-refractivity contribution in [3.63, 3.8) is 0 Å². The molecule has 0 fully saturated rings. The van der Waals surface area contributed by atoms with Gasteiger partial charge in [0.05, 0.1) is 5.69 Å². The summed E-state index contributed by atoms with van der Waals surface area (Å²) in [6.45, 7) is 8.51. The van der Waals surface area contributed by atoms with Crippen molar-refractivity contribution in [1.82, 2.24) is 10.2 Å². The van der Waals surface area contributed by atoms with Crippen molar-refractivity contribution in [2.24, 2.45) is 0 Å². The summed E-state index contributed by atoms with van der Waals surface area (Å²) in [5, 5.41) is 9.79. The predicted octanol–water partition coefficient (Wildman–Crippen LogP) is 5.67. The fourth-order valence-corrected chi connectivity index (χ4v) is 3.39. The Morgan fingerprint density at radius 3 is 2.12 bits per heavy atom. The molecule has 3 rings (SSSR count). The SMILES string of the molecule is Cc1ccc(CSc2ccc(-c3cc(C)c(C)cc3C)nn2)cc1. The third kappa shape index (κ3) is 3.85. The van der Waals surface area contributed by atoms with Gasteiger partial charge in [0.1, 0.15) is 5.03 Å². The first kappa shape index (κ1) is 16.7. The van der Waals surface area contributed by atoms with E-state index in [2.05, 4.69) is 86.4 Å². The lowest BCUT2D eigenvalue weighted by Crippen LogP contribution is -1.94. The Hall–Kier alpha value is -2.13. The van der Waals surface area contributed by atoms with Crippen LogP contribution >= 0.6 is 11.8 Å². The topological polar surface area (TPSA) is 25.8 Å². The lowest BCUT2D eigenvalue weighted by Gasteiger charge is -2.09. The maximum atomic E-state index is 4.44. The monoisotopic (exact) mass is 334 g/mol. The summed E-state index contributed by atoms with van der Waals surface area (Å²) in [5.74, 6) is 0.914. The molecule has 0 saturated heterocycles. The molecule has 3 heteroatoms. The number of hydrogen-bond donors (Lipinski definition) is 0. The molecule has 2 aromatic carbocycles. The number of hydrogen-bond acceptors (Lipinski definition) is 3. The quantitative estimate of drug-likeness (QED) is 0.575. The number of nitrogens with zero attached hydrogens (tertiary/aromatic N) is 2. The van der Waals surface area contributed by atoms with Crippen LogP contribution in [0.5, 0.6) is 0 Å². The lowest BCUT2D eigenvalue weighted by molar-refractivity contribution is 0.934. The molecule has 1 heterocycles. The highest BCUT2D eigenvalue weighted by molar-refractivity contribution is 7.98. The molecule has 0 atom stereocenters. The first-order valence-electron chi connectivity index (χ1n) is 8.13. The first-order chi connectivity index (χ1) is 11.5. The van der Waals surface area contributed by atoms with Crippen molar-refractivity contribution in [3.8, 4) is 11.3 Å². The third-order valence-electron chi connectivity index (χ3n) is 4.26. The van der Waals surface area contributed by atoms with E-state index in [0.29, 0.717) is 0 Å². The van der Waals surface area contributed by atoms with Gasteiger partial charge in [-0.15, -0.1) is 10.2 Å².